The molecule has 0 aliphatic carbocycles. The maximum atomic E-state index is 5.82. The summed E-state index contributed by atoms with van der Waals surface area (Å²) in [6, 6.07) is 4.32. The molecule has 0 aromatic heterocycles. The van der Waals surface area contributed by atoms with Gasteiger partial charge in [0, 0.05) is 0 Å². The molecule has 0 bridgehead atoms. The lowest BCUT2D eigenvalue weighted by molar-refractivity contribution is 0.304. The van der Waals surface area contributed by atoms with Crippen LogP contribution in [-0.2, 0) is 0 Å². The van der Waals surface area contributed by atoms with Crippen LogP contribution in [0.3, 0.4) is 0 Å². The van der Waals surface area contributed by atoms with Crippen LogP contribution in [0.2, 0.25) is 0 Å². The topological polar surface area (TPSA) is 9.23 Å². The van der Waals surface area contributed by atoms with Crippen molar-refractivity contribution in [2.75, 3.05) is 12.4 Å². The molecule has 1 aromatic carbocycles. The van der Waals surface area contributed by atoms with Gasteiger partial charge in [0.2, 0.25) is 0 Å². The van der Waals surface area contributed by atoms with E-state index in [-0.39, 0.29) is 0 Å². The molecule has 0 saturated heterocycles. The lowest BCUT2D eigenvalue weighted by atomic mass is 10.1. The number of thiol groups is 1. The average molecular weight is 238 g/mol. The molecule has 90 valence electrons. The van der Waals surface area contributed by atoms with Crippen LogP contribution in [0, 0.1) is 20.8 Å². The van der Waals surface area contributed by atoms with Crippen LogP contribution in [0.4, 0.5) is 0 Å². The lowest BCUT2D eigenvalue weighted by Gasteiger charge is -2.12. The first-order valence-corrected chi connectivity index (χ1v) is 6.60. The van der Waals surface area contributed by atoms with E-state index in [0.717, 1.165) is 24.5 Å². The number of rotatable bonds is 6. The third kappa shape index (κ3) is 4.09. The maximum absolute atomic E-state index is 5.82. The minimum absolute atomic E-state index is 0.817. The zero-order valence-electron chi connectivity index (χ0n) is 10.5. The van der Waals surface area contributed by atoms with Gasteiger partial charge in [-0.2, -0.15) is 12.6 Å². The second-order valence-electron chi connectivity index (χ2n) is 4.34. The predicted octanol–water partition coefficient (Wildman–Crippen LogP) is 4.09. The van der Waals surface area contributed by atoms with Crippen LogP contribution in [0.15, 0.2) is 12.1 Å². The van der Waals surface area contributed by atoms with E-state index >= 15 is 0 Å². The van der Waals surface area contributed by atoms with Crippen LogP contribution in [0.5, 0.6) is 5.75 Å². The van der Waals surface area contributed by atoms with Crippen LogP contribution in [-0.4, -0.2) is 12.4 Å². The van der Waals surface area contributed by atoms with E-state index < -0.39 is 0 Å². The van der Waals surface area contributed by atoms with Crippen molar-refractivity contribution >= 4 is 12.6 Å². The van der Waals surface area contributed by atoms with Crippen LogP contribution in [0.25, 0.3) is 0 Å². The first kappa shape index (κ1) is 13.4. The fourth-order valence-corrected chi connectivity index (χ4v) is 1.95. The summed E-state index contributed by atoms with van der Waals surface area (Å²) in [6.07, 6.45) is 3.50. The van der Waals surface area contributed by atoms with Crippen molar-refractivity contribution in [2.24, 2.45) is 0 Å². The SMILES string of the molecule is Cc1cc(C)c(C)c(OCCCCCS)c1. The molecule has 0 saturated carbocycles. The van der Waals surface area contributed by atoms with E-state index in [9.17, 15) is 0 Å². The molecule has 2 heteroatoms. The Balaban J connectivity index is 2.47. The molecular weight excluding hydrogens is 216 g/mol. The first-order chi connectivity index (χ1) is 7.65. The van der Waals surface area contributed by atoms with Crippen molar-refractivity contribution in [3.05, 3.63) is 28.8 Å². The molecular formula is C14H22OS. The molecule has 1 nitrogen and oxygen atoms in total. The van der Waals surface area contributed by atoms with Gasteiger partial charge in [0.25, 0.3) is 0 Å². The van der Waals surface area contributed by atoms with Crippen molar-refractivity contribution in [3.8, 4) is 5.75 Å². The standard InChI is InChI=1S/C14H22OS/c1-11-9-12(2)13(3)14(10-11)15-7-5-4-6-8-16/h9-10,16H,4-8H2,1-3H3. The number of hydrogen-bond donors (Lipinski definition) is 1. The zero-order valence-corrected chi connectivity index (χ0v) is 11.4. The summed E-state index contributed by atoms with van der Waals surface area (Å²) in [5.74, 6) is 2.02. The summed E-state index contributed by atoms with van der Waals surface area (Å²) < 4.78 is 5.82. The van der Waals surface area contributed by atoms with Gasteiger partial charge in [-0.25, -0.2) is 0 Å². The van der Waals surface area contributed by atoms with E-state index in [1.807, 2.05) is 0 Å². The summed E-state index contributed by atoms with van der Waals surface area (Å²) in [5, 5.41) is 0. The molecule has 1 aromatic rings. The van der Waals surface area contributed by atoms with Gasteiger partial charge < -0.3 is 4.74 Å². The second kappa shape index (κ2) is 6.85. The summed E-state index contributed by atoms with van der Waals surface area (Å²) in [6.45, 7) is 7.19. The fourth-order valence-electron chi connectivity index (χ4n) is 1.72. The van der Waals surface area contributed by atoms with Gasteiger partial charge in [-0.15, -0.1) is 0 Å². The van der Waals surface area contributed by atoms with Gasteiger partial charge in [0.05, 0.1) is 6.61 Å². The van der Waals surface area contributed by atoms with Crippen molar-refractivity contribution in [3.63, 3.8) is 0 Å². The van der Waals surface area contributed by atoms with Gasteiger partial charge in [-0.1, -0.05) is 6.07 Å². The van der Waals surface area contributed by atoms with Crippen molar-refractivity contribution in [1.82, 2.24) is 0 Å². The van der Waals surface area contributed by atoms with Gasteiger partial charge in [-0.3, -0.25) is 0 Å². The molecule has 0 fully saturated rings. The van der Waals surface area contributed by atoms with Crippen LogP contribution in [0.1, 0.15) is 36.0 Å². The fraction of sp³-hybridized carbons (Fsp3) is 0.571. The predicted molar refractivity (Wildman–Crippen MR) is 73.9 cm³/mol. The van der Waals surface area contributed by atoms with Gasteiger partial charge in [0.15, 0.2) is 0 Å². The second-order valence-corrected chi connectivity index (χ2v) is 4.78. The van der Waals surface area contributed by atoms with Gasteiger partial charge in [-0.05, 0) is 68.5 Å². The molecule has 0 N–H and O–H groups in total. The smallest absolute Gasteiger partial charge is 0.122 e. The number of aryl methyl sites for hydroxylation is 2. The molecule has 0 heterocycles. The highest BCUT2D eigenvalue weighted by atomic mass is 32.1. The van der Waals surface area contributed by atoms with E-state index in [1.54, 1.807) is 0 Å². The van der Waals surface area contributed by atoms with Gasteiger partial charge >= 0.3 is 0 Å². The molecule has 0 amide bonds. The molecule has 0 unspecified atom stereocenters. The summed E-state index contributed by atoms with van der Waals surface area (Å²) in [5.41, 5.74) is 3.85. The molecule has 0 radical (unpaired) electrons. The Morgan fingerprint density at radius 3 is 2.50 bits per heavy atom. The first-order valence-electron chi connectivity index (χ1n) is 5.96. The van der Waals surface area contributed by atoms with Crippen LogP contribution < -0.4 is 4.74 Å². The number of hydrogen-bond acceptors (Lipinski definition) is 2. The molecule has 1 rings (SSSR count). The number of benzene rings is 1. The minimum Gasteiger partial charge on any atom is -0.493 e. The van der Waals surface area contributed by atoms with E-state index in [1.165, 1.54) is 29.5 Å². The third-order valence-electron chi connectivity index (χ3n) is 2.82. The number of ether oxygens (including phenoxy) is 1. The Bertz CT molecular complexity index is 334. The quantitative estimate of drug-likeness (QED) is 0.580. The van der Waals surface area contributed by atoms with E-state index in [0.29, 0.717) is 0 Å². The van der Waals surface area contributed by atoms with E-state index in [2.05, 4.69) is 45.5 Å². The zero-order chi connectivity index (χ0) is 12.0. The Labute approximate surface area is 105 Å². The largest absolute Gasteiger partial charge is 0.493 e. The summed E-state index contributed by atoms with van der Waals surface area (Å²) in [7, 11) is 0. The minimum atomic E-state index is 0.817. The average Bonchev–Trinajstić information content (AvgIpc) is 2.24. The maximum Gasteiger partial charge on any atom is 0.122 e. The highest BCUT2D eigenvalue weighted by Gasteiger charge is 2.03. The highest BCUT2D eigenvalue weighted by Crippen LogP contribution is 2.23. The summed E-state index contributed by atoms with van der Waals surface area (Å²) >= 11 is 4.20. The Hall–Kier alpha value is -0.630. The molecule has 0 atom stereocenters. The van der Waals surface area contributed by atoms with E-state index in [4.69, 9.17) is 4.74 Å². The van der Waals surface area contributed by atoms with Crippen LogP contribution >= 0.6 is 12.6 Å². The summed E-state index contributed by atoms with van der Waals surface area (Å²) in [4.78, 5) is 0. The van der Waals surface area contributed by atoms with Crippen molar-refractivity contribution in [1.29, 1.82) is 0 Å². The highest BCUT2D eigenvalue weighted by molar-refractivity contribution is 7.80. The Morgan fingerprint density at radius 1 is 1.06 bits per heavy atom. The monoisotopic (exact) mass is 238 g/mol. The lowest BCUT2D eigenvalue weighted by Crippen LogP contribution is -2.00. The molecule has 0 aliphatic heterocycles. The number of unbranched alkanes of at least 4 members (excludes halogenated alkanes) is 2. The Morgan fingerprint density at radius 2 is 1.81 bits per heavy atom. The third-order valence-corrected chi connectivity index (χ3v) is 3.14. The Kier molecular flexibility index (Phi) is 5.75. The molecule has 0 aliphatic rings. The van der Waals surface area contributed by atoms with Crippen molar-refractivity contribution in [2.45, 2.75) is 40.0 Å². The molecule has 16 heavy (non-hydrogen) atoms. The van der Waals surface area contributed by atoms with Crippen molar-refractivity contribution < 1.29 is 4.74 Å². The van der Waals surface area contributed by atoms with Gasteiger partial charge in [0.1, 0.15) is 5.75 Å². The normalized spacial score (nSPS) is 10.5. The molecule has 0 spiro atoms.